The van der Waals surface area contributed by atoms with Crippen molar-refractivity contribution >= 4 is 17.3 Å². The maximum absolute atomic E-state index is 6.11. The number of benzene rings is 1. The molecule has 1 saturated carbocycles. The maximum atomic E-state index is 6.11. The summed E-state index contributed by atoms with van der Waals surface area (Å²) in [6.45, 7) is 7.69. The summed E-state index contributed by atoms with van der Waals surface area (Å²) in [5.74, 6) is 0.701. The molecule has 1 aliphatic rings. The van der Waals surface area contributed by atoms with Crippen LogP contribution >= 0.6 is 11.6 Å². The van der Waals surface area contributed by atoms with Crippen molar-refractivity contribution in [2.45, 2.75) is 45.6 Å². The van der Waals surface area contributed by atoms with E-state index in [1.807, 2.05) is 24.3 Å². The third-order valence-corrected chi connectivity index (χ3v) is 4.35. The molecule has 1 aliphatic carbocycles. The molecule has 0 radical (unpaired) electrons. The van der Waals surface area contributed by atoms with Gasteiger partial charge in [-0.2, -0.15) is 0 Å². The van der Waals surface area contributed by atoms with Crippen molar-refractivity contribution in [2.24, 2.45) is 17.1 Å². The van der Waals surface area contributed by atoms with Gasteiger partial charge in [0.05, 0.1) is 5.54 Å². The summed E-state index contributed by atoms with van der Waals surface area (Å²) in [5, 5.41) is 4.44. The molecule has 1 fully saturated rings. The van der Waals surface area contributed by atoms with E-state index < -0.39 is 0 Å². The summed E-state index contributed by atoms with van der Waals surface area (Å²) in [6.07, 6.45) is 3.52. The molecule has 2 atom stereocenters. The Labute approximate surface area is 121 Å². The Bertz CT molecular complexity index is 427. The molecule has 2 nitrogen and oxygen atoms in total. The van der Waals surface area contributed by atoms with Gasteiger partial charge in [0.15, 0.2) is 0 Å². The van der Waals surface area contributed by atoms with E-state index in [2.05, 4.69) is 26.1 Å². The van der Waals surface area contributed by atoms with Crippen molar-refractivity contribution in [3.05, 3.63) is 29.3 Å². The van der Waals surface area contributed by atoms with Gasteiger partial charge in [-0.25, -0.2) is 0 Å². The molecular weight excluding hydrogens is 256 g/mol. The topological polar surface area (TPSA) is 38.0 Å². The predicted molar refractivity (Wildman–Crippen MR) is 83.7 cm³/mol. The van der Waals surface area contributed by atoms with Gasteiger partial charge in [-0.15, -0.1) is 0 Å². The van der Waals surface area contributed by atoms with Gasteiger partial charge in [0.2, 0.25) is 0 Å². The van der Waals surface area contributed by atoms with Gasteiger partial charge in [0.25, 0.3) is 0 Å². The number of nitrogens with one attached hydrogen (secondary N) is 1. The van der Waals surface area contributed by atoms with Gasteiger partial charge >= 0.3 is 0 Å². The fourth-order valence-corrected chi connectivity index (χ4v) is 4.01. The normalized spacial score (nSPS) is 30.1. The molecule has 19 heavy (non-hydrogen) atoms. The number of anilines is 1. The minimum atomic E-state index is 0.00892. The average Bonchev–Trinajstić information content (AvgIpc) is 2.29. The Kier molecular flexibility index (Phi) is 4.12. The Morgan fingerprint density at radius 1 is 1.26 bits per heavy atom. The first-order valence-corrected chi connectivity index (χ1v) is 7.46. The van der Waals surface area contributed by atoms with E-state index in [0.29, 0.717) is 17.9 Å². The lowest BCUT2D eigenvalue weighted by Gasteiger charge is -2.48. The molecule has 1 aromatic carbocycles. The van der Waals surface area contributed by atoms with Gasteiger partial charge in [-0.3, -0.25) is 0 Å². The SMILES string of the molecule is CC1CC(C)(C)CC(CN)(Nc2ccc(Cl)cc2)C1. The van der Waals surface area contributed by atoms with Gasteiger partial charge in [-0.05, 0) is 54.9 Å². The molecule has 3 heteroatoms. The number of rotatable bonds is 3. The number of halogens is 1. The number of hydrogen-bond acceptors (Lipinski definition) is 2. The van der Waals surface area contributed by atoms with Crippen LogP contribution in [-0.2, 0) is 0 Å². The van der Waals surface area contributed by atoms with Crippen LogP contribution in [-0.4, -0.2) is 12.1 Å². The van der Waals surface area contributed by atoms with Crippen molar-refractivity contribution in [1.29, 1.82) is 0 Å². The highest BCUT2D eigenvalue weighted by atomic mass is 35.5. The lowest BCUT2D eigenvalue weighted by atomic mass is 9.64. The van der Waals surface area contributed by atoms with Crippen LogP contribution in [0.1, 0.15) is 40.0 Å². The van der Waals surface area contributed by atoms with Crippen molar-refractivity contribution < 1.29 is 0 Å². The zero-order chi connectivity index (χ0) is 14.1. The molecule has 3 N–H and O–H groups in total. The van der Waals surface area contributed by atoms with Gasteiger partial charge in [-0.1, -0.05) is 32.4 Å². The predicted octanol–water partition coefficient (Wildman–Crippen LogP) is 4.30. The van der Waals surface area contributed by atoms with Gasteiger partial charge in [0.1, 0.15) is 0 Å². The smallest absolute Gasteiger partial charge is 0.0503 e. The molecule has 0 saturated heterocycles. The highest BCUT2D eigenvalue weighted by Crippen LogP contribution is 2.44. The molecular formula is C16H25ClN2. The van der Waals surface area contributed by atoms with Crippen LogP contribution in [0.5, 0.6) is 0 Å². The summed E-state index contributed by atoms with van der Waals surface area (Å²) in [4.78, 5) is 0. The molecule has 106 valence electrons. The second-order valence-electron chi connectivity index (χ2n) is 6.97. The highest BCUT2D eigenvalue weighted by Gasteiger charge is 2.41. The molecule has 0 spiro atoms. The third-order valence-electron chi connectivity index (χ3n) is 4.10. The Hall–Kier alpha value is -0.730. The summed E-state index contributed by atoms with van der Waals surface area (Å²) < 4.78 is 0. The zero-order valence-corrected chi connectivity index (χ0v) is 12.9. The number of nitrogens with two attached hydrogens (primary N) is 1. The van der Waals surface area contributed by atoms with Crippen LogP contribution in [0.2, 0.25) is 5.02 Å². The first-order chi connectivity index (χ1) is 8.84. The zero-order valence-electron chi connectivity index (χ0n) is 12.2. The Balaban J connectivity index is 2.20. The van der Waals surface area contributed by atoms with Crippen molar-refractivity contribution in [3.63, 3.8) is 0 Å². The maximum Gasteiger partial charge on any atom is 0.0503 e. The van der Waals surface area contributed by atoms with E-state index in [0.717, 1.165) is 23.6 Å². The lowest BCUT2D eigenvalue weighted by molar-refractivity contribution is 0.125. The van der Waals surface area contributed by atoms with E-state index in [9.17, 15) is 0 Å². The first kappa shape index (κ1) is 14.7. The second-order valence-corrected chi connectivity index (χ2v) is 7.41. The molecule has 0 amide bonds. The Morgan fingerprint density at radius 2 is 1.89 bits per heavy atom. The molecule has 2 unspecified atom stereocenters. The summed E-state index contributed by atoms with van der Waals surface area (Å²) in [7, 11) is 0. The summed E-state index contributed by atoms with van der Waals surface area (Å²) in [5.41, 5.74) is 7.57. The monoisotopic (exact) mass is 280 g/mol. The van der Waals surface area contributed by atoms with E-state index in [1.165, 1.54) is 6.42 Å². The van der Waals surface area contributed by atoms with Gasteiger partial charge in [0, 0.05) is 17.3 Å². The summed E-state index contributed by atoms with van der Waals surface area (Å²) in [6, 6.07) is 7.91. The first-order valence-electron chi connectivity index (χ1n) is 7.08. The molecule has 0 aromatic heterocycles. The van der Waals surface area contributed by atoms with Crippen LogP contribution in [0.15, 0.2) is 24.3 Å². The number of hydrogen-bond donors (Lipinski definition) is 2. The quantitative estimate of drug-likeness (QED) is 0.866. The van der Waals surface area contributed by atoms with Crippen molar-refractivity contribution in [3.8, 4) is 0 Å². The standard InChI is InChI=1S/C16H25ClN2/c1-12-8-15(2,3)10-16(9-12,11-18)19-14-6-4-13(17)5-7-14/h4-7,12,19H,8-11,18H2,1-3H3. The van der Waals surface area contributed by atoms with Crippen LogP contribution in [0.3, 0.4) is 0 Å². The summed E-state index contributed by atoms with van der Waals surface area (Å²) >= 11 is 5.94. The average molecular weight is 281 g/mol. The third kappa shape index (κ3) is 3.64. The molecule has 2 rings (SSSR count). The van der Waals surface area contributed by atoms with Crippen LogP contribution in [0.4, 0.5) is 5.69 Å². The largest absolute Gasteiger partial charge is 0.378 e. The van der Waals surface area contributed by atoms with E-state index in [4.69, 9.17) is 17.3 Å². The molecule has 0 bridgehead atoms. The van der Waals surface area contributed by atoms with Crippen molar-refractivity contribution in [2.75, 3.05) is 11.9 Å². The Morgan fingerprint density at radius 3 is 2.42 bits per heavy atom. The van der Waals surface area contributed by atoms with Crippen molar-refractivity contribution in [1.82, 2.24) is 0 Å². The fourth-order valence-electron chi connectivity index (χ4n) is 3.88. The minimum absolute atomic E-state index is 0.00892. The van der Waals surface area contributed by atoms with Crippen LogP contribution in [0, 0.1) is 11.3 Å². The second kappa shape index (κ2) is 5.34. The van der Waals surface area contributed by atoms with E-state index in [1.54, 1.807) is 0 Å². The van der Waals surface area contributed by atoms with Crippen LogP contribution < -0.4 is 11.1 Å². The molecule has 0 heterocycles. The molecule has 1 aromatic rings. The van der Waals surface area contributed by atoms with Crippen LogP contribution in [0.25, 0.3) is 0 Å². The van der Waals surface area contributed by atoms with Gasteiger partial charge < -0.3 is 11.1 Å². The minimum Gasteiger partial charge on any atom is -0.378 e. The van der Waals surface area contributed by atoms with E-state index in [-0.39, 0.29) is 5.54 Å². The van der Waals surface area contributed by atoms with E-state index >= 15 is 0 Å². The molecule has 0 aliphatic heterocycles. The fraction of sp³-hybridized carbons (Fsp3) is 0.625. The lowest BCUT2D eigenvalue weighted by Crippen LogP contribution is -2.52. The highest BCUT2D eigenvalue weighted by molar-refractivity contribution is 6.30.